The lowest BCUT2D eigenvalue weighted by Crippen LogP contribution is -2.30. The van der Waals surface area contributed by atoms with Crippen molar-refractivity contribution >= 4 is 27.6 Å². The van der Waals surface area contributed by atoms with E-state index < -0.39 is 28.0 Å². The van der Waals surface area contributed by atoms with Crippen molar-refractivity contribution in [2.45, 2.75) is 24.8 Å². The Hall–Kier alpha value is -2.71. The second-order valence-electron chi connectivity index (χ2n) is 5.64. The molecule has 2 N–H and O–H groups in total. The molecule has 0 heterocycles. The van der Waals surface area contributed by atoms with Crippen LogP contribution in [-0.4, -0.2) is 33.4 Å². The van der Waals surface area contributed by atoms with Crippen molar-refractivity contribution in [2.75, 3.05) is 12.4 Å². The van der Waals surface area contributed by atoms with Gasteiger partial charge in [-0.2, -0.15) is 0 Å². The van der Waals surface area contributed by atoms with Crippen LogP contribution in [0.2, 0.25) is 0 Å². The van der Waals surface area contributed by atoms with Gasteiger partial charge in [0.1, 0.15) is 0 Å². The number of carbonyl (C=O) groups excluding carboxylic acids is 2. The molecule has 138 valence electrons. The molecule has 0 unspecified atom stereocenters. The average molecular weight is 376 g/mol. The van der Waals surface area contributed by atoms with E-state index in [2.05, 4.69) is 10.0 Å². The molecule has 2 aromatic carbocycles. The zero-order valence-electron chi connectivity index (χ0n) is 14.6. The number of aryl methyl sites for hydroxylation is 1. The van der Waals surface area contributed by atoms with E-state index in [1.165, 1.54) is 38.2 Å². The highest BCUT2D eigenvalue weighted by Crippen LogP contribution is 2.14. The van der Waals surface area contributed by atoms with Crippen molar-refractivity contribution in [3.05, 3.63) is 59.7 Å². The molecule has 8 heteroatoms. The van der Waals surface area contributed by atoms with Crippen LogP contribution >= 0.6 is 0 Å². The summed E-state index contributed by atoms with van der Waals surface area (Å²) in [5.41, 5.74) is 1.68. The largest absolute Gasteiger partial charge is 0.449 e. The van der Waals surface area contributed by atoms with Crippen LogP contribution in [0.4, 0.5) is 5.69 Å². The molecule has 2 aromatic rings. The van der Waals surface area contributed by atoms with Gasteiger partial charge in [-0.25, -0.2) is 17.9 Å². The maximum atomic E-state index is 12.2. The Labute approximate surface area is 152 Å². The number of benzene rings is 2. The number of carbonyl (C=O) groups is 2. The Bertz CT molecular complexity index is 907. The first kappa shape index (κ1) is 19.6. The van der Waals surface area contributed by atoms with E-state index in [9.17, 15) is 18.0 Å². The summed E-state index contributed by atoms with van der Waals surface area (Å²) in [7, 11) is -2.40. The fourth-order valence-electron chi connectivity index (χ4n) is 2.07. The molecule has 1 amide bonds. The van der Waals surface area contributed by atoms with Gasteiger partial charge in [0, 0.05) is 5.69 Å². The Morgan fingerprint density at radius 1 is 1.08 bits per heavy atom. The van der Waals surface area contributed by atoms with Gasteiger partial charge in [-0.3, -0.25) is 4.79 Å². The predicted molar refractivity (Wildman–Crippen MR) is 97.4 cm³/mol. The molecule has 0 aliphatic heterocycles. The maximum Gasteiger partial charge on any atom is 0.338 e. The van der Waals surface area contributed by atoms with E-state index in [0.717, 1.165) is 5.56 Å². The number of esters is 1. The number of rotatable bonds is 6. The highest BCUT2D eigenvalue weighted by atomic mass is 32.2. The third-order valence-corrected chi connectivity index (χ3v) is 5.03. The first-order valence-corrected chi connectivity index (χ1v) is 9.33. The Morgan fingerprint density at radius 2 is 1.73 bits per heavy atom. The minimum absolute atomic E-state index is 0.0383. The van der Waals surface area contributed by atoms with Gasteiger partial charge < -0.3 is 10.1 Å². The molecule has 0 bridgehead atoms. The van der Waals surface area contributed by atoms with Crippen LogP contribution in [0.5, 0.6) is 0 Å². The molecule has 0 saturated carbocycles. The van der Waals surface area contributed by atoms with Crippen molar-refractivity contribution in [2.24, 2.45) is 0 Å². The summed E-state index contributed by atoms with van der Waals surface area (Å²) < 4.78 is 30.9. The zero-order chi connectivity index (χ0) is 19.3. The number of ether oxygens (including phenoxy) is 1. The molecule has 26 heavy (non-hydrogen) atoms. The van der Waals surface area contributed by atoms with Gasteiger partial charge in [-0.1, -0.05) is 23.8 Å². The first-order valence-electron chi connectivity index (χ1n) is 7.85. The highest BCUT2D eigenvalue weighted by molar-refractivity contribution is 7.89. The van der Waals surface area contributed by atoms with Gasteiger partial charge in [0.2, 0.25) is 10.0 Å². The molecule has 2 rings (SSSR count). The number of hydrogen-bond acceptors (Lipinski definition) is 5. The lowest BCUT2D eigenvalue weighted by Gasteiger charge is -2.14. The van der Waals surface area contributed by atoms with Crippen LogP contribution in [0.15, 0.2) is 53.4 Å². The minimum Gasteiger partial charge on any atom is -0.449 e. The lowest BCUT2D eigenvalue weighted by molar-refractivity contribution is -0.123. The molecule has 0 aliphatic carbocycles. The summed E-state index contributed by atoms with van der Waals surface area (Å²) in [6, 6.07) is 12.6. The Balaban J connectivity index is 2.05. The highest BCUT2D eigenvalue weighted by Gasteiger charge is 2.20. The number of hydrogen-bond donors (Lipinski definition) is 2. The van der Waals surface area contributed by atoms with E-state index in [-0.39, 0.29) is 10.5 Å². The van der Waals surface area contributed by atoms with Crippen molar-refractivity contribution in [3.63, 3.8) is 0 Å². The van der Waals surface area contributed by atoms with Gasteiger partial charge >= 0.3 is 5.97 Å². The molecule has 0 aromatic heterocycles. The molecular weight excluding hydrogens is 356 g/mol. The Morgan fingerprint density at radius 3 is 2.35 bits per heavy atom. The van der Waals surface area contributed by atoms with E-state index in [1.807, 2.05) is 19.1 Å². The smallest absolute Gasteiger partial charge is 0.338 e. The van der Waals surface area contributed by atoms with Crippen LogP contribution in [0.25, 0.3) is 0 Å². The Kier molecular flexibility index (Phi) is 6.12. The molecule has 0 radical (unpaired) electrons. The van der Waals surface area contributed by atoms with Gasteiger partial charge in [0.15, 0.2) is 6.10 Å². The van der Waals surface area contributed by atoms with Crippen LogP contribution in [-0.2, 0) is 19.6 Å². The number of nitrogens with one attached hydrogen (secondary N) is 2. The van der Waals surface area contributed by atoms with Crippen molar-refractivity contribution < 1.29 is 22.7 Å². The van der Waals surface area contributed by atoms with E-state index in [4.69, 9.17) is 4.74 Å². The summed E-state index contributed by atoms with van der Waals surface area (Å²) in [5, 5.41) is 2.65. The third-order valence-electron chi connectivity index (χ3n) is 3.62. The first-order chi connectivity index (χ1) is 12.2. The molecule has 0 spiro atoms. The van der Waals surface area contributed by atoms with Crippen LogP contribution in [0, 0.1) is 6.92 Å². The van der Waals surface area contributed by atoms with Crippen molar-refractivity contribution in [1.29, 1.82) is 0 Å². The summed E-state index contributed by atoms with van der Waals surface area (Å²) >= 11 is 0. The van der Waals surface area contributed by atoms with Crippen LogP contribution < -0.4 is 10.0 Å². The quantitative estimate of drug-likeness (QED) is 0.752. The van der Waals surface area contributed by atoms with Gasteiger partial charge in [-0.15, -0.1) is 0 Å². The standard InChI is InChI=1S/C18H20N2O5S/c1-12-7-9-15(10-8-12)20-17(21)13(2)25-18(22)14-5-4-6-16(11-14)26(23,24)19-3/h4-11,13,19H,1-3H3,(H,20,21)/t13-/m1/s1. The maximum absolute atomic E-state index is 12.2. The van der Waals surface area contributed by atoms with E-state index >= 15 is 0 Å². The fourth-order valence-corrected chi connectivity index (χ4v) is 2.85. The summed E-state index contributed by atoms with van der Waals surface area (Å²) in [6.07, 6.45) is -1.05. The molecule has 7 nitrogen and oxygen atoms in total. The second kappa shape index (κ2) is 8.11. The topological polar surface area (TPSA) is 102 Å². The zero-order valence-corrected chi connectivity index (χ0v) is 15.5. The van der Waals surface area contributed by atoms with E-state index in [0.29, 0.717) is 5.69 Å². The monoisotopic (exact) mass is 376 g/mol. The minimum atomic E-state index is -3.68. The number of anilines is 1. The molecule has 0 saturated heterocycles. The van der Waals surface area contributed by atoms with Gasteiger partial charge in [-0.05, 0) is 51.2 Å². The predicted octanol–water partition coefficient (Wildman–Crippen LogP) is 2.09. The van der Waals surface area contributed by atoms with Gasteiger partial charge in [0.25, 0.3) is 5.91 Å². The van der Waals surface area contributed by atoms with Crippen molar-refractivity contribution in [1.82, 2.24) is 4.72 Å². The summed E-state index contributed by atoms with van der Waals surface area (Å²) in [5.74, 6) is -1.27. The second-order valence-corrected chi connectivity index (χ2v) is 7.52. The van der Waals surface area contributed by atoms with Crippen molar-refractivity contribution in [3.8, 4) is 0 Å². The molecule has 0 fully saturated rings. The van der Waals surface area contributed by atoms with Crippen LogP contribution in [0.3, 0.4) is 0 Å². The SMILES string of the molecule is CNS(=O)(=O)c1cccc(C(=O)O[C@H](C)C(=O)Nc2ccc(C)cc2)c1. The van der Waals surface area contributed by atoms with Crippen LogP contribution in [0.1, 0.15) is 22.8 Å². The molecule has 0 aliphatic rings. The molecule has 1 atom stereocenters. The average Bonchev–Trinajstić information content (AvgIpc) is 2.63. The molecular formula is C18H20N2O5S. The fraction of sp³-hybridized carbons (Fsp3) is 0.222. The summed E-state index contributed by atoms with van der Waals surface area (Å²) in [6.45, 7) is 3.37. The number of sulfonamides is 1. The normalized spacial score (nSPS) is 12.3. The summed E-state index contributed by atoms with van der Waals surface area (Å²) in [4.78, 5) is 24.3. The lowest BCUT2D eigenvalue weighted by atomic mass is 10.2. The van der Waals surface area contributed by atoms with Gasteiger partial charge in [0.05, 0.1) is 10.5 Å². The number of amides is 1. The van der Waals surface area contributed by atoms with E-state index in [1.54, 1.807) is 12.1 Å². The third kappa shape index (κ3) is 4.90.